The van der Waals surface area contributed by atoms with Crippen molar-refractivity contribution < 1.29 is 22.4 Å². The van der Waals surface area contributed by atoms with Gasteiger partial charge in [-0.25, -0.2) is 13.2 Å². The van der Waals surface area contributed by atoms with Gasteiger partial charge in [0.1, 0.15) is 0 Å². The molecule has 29 heavy (non-hydrogen) atoms. The Morgan fingerprint density at radius 1 is 0.966 bits per heavy atom. The van der Waals surface area contributed by atoms with Gasteiger partial charge in [0.15, 0.2) is 5.58 Å². The monoisotopic (exact) mass is 419 g/mol. The van der Waals surface area contributed by atoms with E-state index in [4.69, 9.17) is 4.42 Å². The molecule has 0 radical (unpaired) electrons. The fraction of sp³-hybridized carbons (Fsp3) is 0.526. The highest BCUT2D eigenvalue weighted by atomic mass is 32.2. The first-order valence-corrected chi connectivity index (χ1v) is 11.2. The maximum atomic E-state index is 13.4. The zero-order valence-corrected chi connectivity index (χ0v) is 16.7. The Hall–Kier alpha value is -2.46. The van der Waals surface area contributed by atoms with Crippen molar-refractivity contribution in [3.8, 4) is 0 Å². The largest absolute Gasteiger partial charge is 0.419 e. The molecule has 0 saturated carbocycles. The van der Waals surface area contributed by atoms with E-state index in [1.807, 2.05) is 0 Å². The number of imide groups is 1. The molecule has 5 rings (SSSR count). The molecule has 2 unspecified atom stereocenters. The van der Waals surface area contributed by atoms with Crippen molar-refractivity contribution in [2.75, 3.05) is 0 Å². The van der Waals surface area contributed by atoms with E-state index in [2.05, 4.69) is 0 Å². The molecule has 3 aliphatic heterocycles. The molecule has 2 atom stereocenters. The van der Waals surface area contributed by atoms with Gasteiger partial charge >= 0.3 is 5.76 Å². The summed E-state index contributed by atoms with van der Waals surface area (Å²) in [6.45, 7) is 0. The van der Waals surface area contributed by atoms with Gasteiger partial charge in [0.05, 0.1) is 10.4 Å². The predicted octanol–water partition coefficient (Wildman–Crippen LogP) is 0.965. The van der Waals surface area contributed by atoms with Crippen LogP contribution in [0.3, 0.4) is 0 Å². The molecule has 9 nitrogen and oxygen atoms in total. The molecular weight excluding hydrogens is 398 g/mol. The van der Waals surface area contributed by atoms with E-state index in [1.165, 1.54) is 34.7 Å². The number of oxazole rings is 1. The first-order chi connectivity index (χ1) is 13.8. The summed E-state index contributed by atoms with van der Waals surface area (Å²) in [7, 11) is -2.25. The van der Waals surface area contributed by atoms with Crippen LogP contribution in [-0.2, 0) is 26.7 Å². The number of aryl methyl sites for hydroxylation is 1. The average molecular weight is 419 g/mol. The van der Waals surface area contributed by atoms with E-state index in [1.54, 1.807) is 4.31 Å². The molecule has 0 aliphatic carbocycles. The normalized spacial score (nSPS) is 28.0. The standard InChI is InChI=1S/C19H21N3O6S/c1-20-15-10-14(4-5-16(15)28-19(20)25)29(26,27)22-11-2-3-12(22)9-13(8-11)21-17(23)6-7-18(21)24/h4-5,10-13H,2-3,6-9H2,1H3. The third kappa shape index (κ3) is 2.69. The van der Waals surface area contributed by atoms with Gasteiger partial charge in [0.2, 0.25) is 21.8 Å². The molecule has 2 aromatic rings. The number of hydrogen-bond donors (Lipinski definition) is 0. The van der Waals surface area contributed by atoms with Crippen LogP contribution in [0.25, 0.3) is 11.1 Å². The first-order valence-electron chi connectivity index (χ1n) is 9.75. The maximum absolute atomic E-state index is 13.4. The van der Waals surface area contributed by atoms with Crippen molar-refractivity contribution in [3.05, 3.63) is 28.7 Å². The lowest BCUT2D eigenvalue weighted by Gasteiger charge is -2.40. The molecule has 154 valence electrons. The molecule has 2 amide bonds. The number of fused-ring (bicyclic) bond motifs is 3. The number of piperidine rings is 1. The highest BCUT2D eigenvalue weighted by molar-refractivity contribution is 7.89. The fourth-order valence-corrected chi connectivity index (χ4v) is 7.01. The minimum atomic E-state index is -3.78. The summed E-state index contributed by atoms with van der Waals surface area (Å²) in [4.78, 5) is 37.4. The van der Waals surface area contributed by atoms with Crippen molar-refractivity contribution >= 4 is 32.9 Å². The minimum Gasteiger partial charge on any atom is -0.408 e. The third-order valence-electron chi connectivity index (χ3n) is 6.43. The summed E-state index contributed by atoms with van der Waals surface area (Å²) in [5, 5.41) is 0. The lowest BCUT2D eigenvalue weighted by molar-refractivity contribution is -0.142. The minimum absolute atomic E-state index is 0.116. The summed E-state index contributed by atoms with van der Waals surface area (Å²) in [5.41, 5.74) is 0.760. The van der Waals surface area contributed by atoms with Crippen LogP contribution in [0, 0.1) is 0 Å². The highest BCUT2D eigenvalue weighted by Gasteiger charge is 2.50. The average Bonchev–Trinajstić information content (AvgIpc) is 3.27. The van der Waals surface area contributed by atoms with E-state index in [9.17, 15) is 22.8 Å². The number of rotatable bonds is 3. The van der Waals surface area contributed by atoms with Crippen molar-refractivity contribution in [2.24, 2.45) is 7.05 Å². The van der Waals surface area contributed by atoms with Gasteiger partial charge < -0.3 is 4.42 Å². The number of hydrogen-bond acceptors (Lipinski definition) is 6. The summed E-state index contributed by atoms with van der Waals surface area (Å²) in [5.74, 6) is -0.848. The van der Waals surface area contributed by atoms with Crippen molar-refractivity contribution in [1.29, 1.82) is 0 Å². The molecule has 0 N–H and O–H groups in total. The topological polar surface area (TPSA) is 110 Å². The molecule has 10 heteroatoms. The van der Waals surface area contributed by atoms with Crippen LogP contribution in [0.15, 0.2) is 32.3 Å². The Balaban J connectivity index is 1.47. The van der Waals surface area contributed by atoms with Gasteiger partial charge in [-0.3, -0.25) is 19.1 Å². The first kappa shape index (κ1) is 18.6. The molecule has 0 spiro atoms. The van der Waals surface area contributed by atoms with Crippen LogP contribution in [-0.4, -0.2) is 52.1 Å². The Morgan fingerprint density at radius 2 is 1.59 bits per heavy atom. The number of benzene rings is 1. The third-order valence-corrected chi connectivity index (χ3v) is 8.44. The van der Waals surface area contributed by atoms with E-state index in [0.29, 0.717) is 36.8 Å². The quantitative estimate of drug-likeness (QED) is 0.686. The molecule has 1 aromatic heterocycles. The Bertz CT molecular complexity index is 1170. The number of likely N-dealkylation sites (tertiary alicyclic amines) is 1. The SMILES string of the molecule is Cn1c(=O)oc2ccc(S(=O)(=O)N3C4CCC3CC(N3C(=O)CCC3=O)C4)cc21. The highest BCUT2D eigenvalue weighted by Crippen LogP contribution is 2.42. The van der Waals surface area contributed by atoms with Crippen LogP contribution in [0.4, 0.5) is 0 Å². The van der Waals surface area contributed by atoms with Crippen molar-refractivity contribution in [1.82, 2.24) is 13.8 Å². The Kier molecular flexibility index (Phi) is 4.01. The summed E-state index contributed by atoms with van der Waals surface area (Å²) >= 11 is 0. The van der Waals surface area contributed by atoms with Crippen LogP contribution in [0.5, 0.6) is 0 Å². The molecular formula is C19H21N3O6S. The molecule has 4 heterocycles. The predicted molar refractivity (Wildman–Crippen MR) is 101 cm³/mol. The van der Waals surface area contributed by atoms with Crippen LogP contribution >= 0.6 is 0 Å². The zero-order chi connectivity index (χ0) is 20.5. The Morgan fingerprint density at radius 3 is 2.21 bits per heavy atom. The number of nitrogens with zero attached hydrogens (tertiary/aromatic N) is 3. The van der Waals surface area contributed by atoms with E-state index < -0.39 is 15.8 Å². The maximum Gasteiger partial charge on any atom is 0.419 e. The van der Waals surface area contributed by atoms with Gasteiger partial charge in [0.25, 0.3) is 0 Å². The van der Waals surface area contributed by atoms with E-state index in [0.717, 1.165) is 0 Å². The van der Waals surface area contributed by atoms with Gasteiger partial charge in [-0.15, -0.1) is 0 Å². The van der Waals surface area contributed by atoms with Crippen molar-refractivity contribution in [2.45, 2.75) is 61.5 Å². The fourth-order valence-electron chi connectivity index (χ4n) is 5.10. The number of carbonyl (C=O) groups excluding carboxylic acids is 2. The van der Waals surface area contributed by atoms with Crippen LogP contribution < -0.4 is 5.76 Å². The number of carbonyl (C=O) groups is 2. The number of aromatic nitrogens is 1. The zero-order valence-electron chi connectivity index (χ0n) is 15.9. The lowest BCUT2D eigenvalue weighted by Crippen LogP contribution is -2.53. The number of sulfonamides is 1. The van der Waals surface area contributed by atoms with Gasteiger partial charge in [-0.05, 0) is 43.9 Å². The molecule has 2 bridgehead atoms. The number of amides is 2. The molecule has 3 saturated heterocycles. The molecule has 3 fully saturated rings. The van der Waals surface area contributed by atoms with Crippen LogP contribution in [0.2, 0.25) is 0 Å². The van der Waals surface area contributed by atoms with Gasteiger partial charge in [0, 0.05) is 38.0 Å². The second kappa shape index (κ2) is 6.27. The summed E-state index contributed by atoms with van der Waals surface area (Å²) < 4.78 is 34.8. The van der Waals surface area contributed by atoms with Crippen LogP contribution in [0.1, 0.15) is 38.5 Å². The summed E-state index contributed by atoms with van der Waals surface area (Å²) in [6.07, 6.45) is 2.86. The Labute approximate surface area is 166 Å². The van der Waals surface area contributed by atoms with Crippen molar-refractivity contribution in [3.63, 3.8) is 0 Å². The summed E-state index contributed by atoms with van der Waals surface area (Å²) in [6, 6.07) is 3.72. The van der Waals surface area contributed by atoms with Gasteiger partial charge in [-0.1, -0.05) is 0 Å². The van der Waals surface area contributed by atoms with E-state index >= 15 is 0 Å². The lowest BCUT2D eigenvalue weighted by atomic mass is 9.98. The van der Waals surface area contributed by atoms with Gasteiger partial charge in [-0.2, -0.15) is 4.31 Å². The second-order valence-corrected chi connectivity index (χ2v) is 9.90. The van der Waals surface area contributed by atoms with E-state index in [-0.39, 0.29) is 47.7 Å². The smallest absolute Gasteiger partial charge is 0.408 e. The molecule has 1 aromatic carbocycles. The second-order valence-electron chi connectivity index (χ2n) is 8.06. The molecule has 3 aliphatic rings.